The van der Waals surface area contributed by atoms with Gasteiger partial charge in [-0.25, -0.2) is 18.2 Å². The van der Waals surface area contributed by atoms with Gasteiger partial charge in [0.2, 0.25) is 0 Å². The van der Waals surface area contributed by atoms with Gasteiger partial charge in [-0.05, 0) is 36.2 Å². The third-order valence-corrected chi connectivity index (χ3v) is 4.64. The number of halogens is 3. The van der Waals surface area contributed by atoms with Crippen molar-refractivity contribution in [1.29, 1.82) is 0 Å². The highest BCUT2D eigenvalue weighted by Gasteiger charge is 2.13. The molecule has 0 amide bonds. The van der Waals surface area contributed by atoms with Gasteiger partial charge >= 0.3 is 0 Å². The molecule has 170 valence electrons. The van der Waals surface area contributed by atoms with Gasteiger partial charge in [0.15, 0.2) is 11.6 Å². The number of aromatic amines is 1. The first kappa shape index (κ1) is 22.0. The molecule has 0 aliphatic heterocycles. The Labute approximate surface area is 185 Å². The lowest BCUT2D eigenvalue weighted by molar-refractivity contribution is 0.0821. The largest absolute Gasteiger partial charge is 0.485 e. The number of aromatic nitrogens is 6. The molecule has 2 aromatic carbocycles. The second-order valence-corrected chi connectivity index (χ2v) is 6.91. The summed E-state index contributed by atoms with van der Waals surface area (Å²) >= 11 is 0. The van der Waals surface area contributed by atoms with Crippen molar-refractivity contribution in [3.63, 3.8) is 0 Å². The van der Waals surface area contributed by atoms with Crippen molar-refractivity contribution in [3.05, 3.63) is 82.4 Å². The van der Waals surface area contributed by atoms with Gasteiger partial charge in [-0.1, -0.05) is 17.3 Å². The second-order valence-electron chi connectivity index (χ2n) is 6.91. The first-order valence-corrected chi connectivity index (χ1v) is 9.86. The minimum absolute atomic E-state index is 0.0767. The Kier molecular flexibility index (Phi) is 6.62. The predicted molar refractivity (Wildman–Crippen MR) is 113 cm³/mol. The van der Waals surface area contributed by atoms with Gasteiger partial charge in [0, 0.05) is 30.6 Å². The lowest BCUT2D eigenvalue weighted by Crippen LogP contribution is -2.22. The number of H-pyrrole nitrogens is 1. The van der Waals surface area contributed by atoms with E-state index in [0.29, 0.717) is 24.4 Å². The zero-order valence-corrected chi connectivity index (χ0v) is 17.1. The molecule has 12 heteroatoms. The summed E-state index contributed by atoms with van der Waals surface area (Å²) in [6.07, 6.45) is 1.50. The fourth-order valence-electron chi connectivity index (χ4n) is 3.07. The first-order chi connectivity index (χ1) is 16.0. The molecule has 0 aliphatic carbocycles. The number of ether oxygens (including phenoxy) is 1. The number of hydrogen-bond acceptors (Lipinski definition) is 7. The number of tetrazole rings is 1. The van der Waals surface area contributed by atoms with Crippen molar-refractivity contribution in [1.82, 2.24) is 30.2 Å². The lowest BCUT2D eigenvalue weighted by atomic mass is 10.1. The minimum Gasteiger partial charge on any atom is -0.485 e. The summed E-state index contributed by atoms with van der Waals surface area (Å²) in [6, 6.07) is 10.7. The molecule has 0 fully saturated rings. The zero-order chi connectivity index (χ0) is 23.2. The Morgan fingerprint density at radius 3 is 2.67 bits per heavy atom. The Balaban J connectivity index is 1.53. The average Bonchev–Trinajstić information content (AvgIpc) is 3.33. The first-order valence-electron chi connectivity index (χ1n) is 9.86. The quantitative estimate of drug-likeness (QED) is 0.397. The van der Waals surface area contributed by atoms with Crippen LogP contribution in [0.4, 0.5) is 24.7 Å². The summed E-state index contributed by atoms with van der Waals surface area (Å²) in [7, 11) is 0. The van der Waals surface area contributed by atoms with Crippen molar-refractivity contribution in [2.45, 2.75) is 19.3 Å². The van der Waals surface area contributed by atoms with Crippen molar-refractivity contribution in [2.75, 3.05) is 11.9 Å². The predicted octanol–water partition coefficient (Wildman–Crippen LogP) is 3.06. The molecule has 0 unspecified atom stereocenters. The molecular weight excluding hydrogens is 439 g/mol. The number of benzene rings is 2. The van der Waals surface area contributed by atoms with Gasteiger partial charge in [0.25, 0.3) is 12.0 Å². The highest BCUT2D eigenvalue weighted by atomic mass is 19.3. The molecule has 2 N–H and O–H groups in total. The maximum atomic E-state index is 13.6. The summed E-state index contributed by atoms with van der Waals surface area (Å²) in [5.41, 5.74) is 1.27. The number of rotatable bonds is 9. The zero-order valence-electron chi connectivity index (χ0n) is 17.1. The summed E-state index contributed by atoms with van der Waals surface area (Å²) in [5, 5.41) is 16.5. The standard InChI is InChI=1S/C21H18F3N7O2/c22-14-4-7-16(17(11-14)33-12-18(23)24)26-20-21(32)31(10-9-25-20)15-5-1-13(2-6-15)3-8-19-27-29-30-28-19/h1-2,4-7,9-11,18H,3,8,12H2,(H,25,26)(H,27,28,29,30). The van der Waals surface area contributed by atoms with Gasteiger partial charge in [0.1, 0.15) is 18.2 Å². The molecule has 0 saturated carbocycles. The lowest BCUT2D eigenvalue weighted by Gasteiger charge is -2.13. The maximum Gasteiger partial charge on any atom is 0.298 e. The molecule has 0 aliphatic rings. The van der Waals surface area contributed by atoms with Crippen molar-refractivity contribution >= 4 is 11.5 Å². The van der Waals surface area contributed by atoms with Crippen LogP contribution in [0.15, 0.2) is 59.7 Å². The van der Waals surface area contributed by atoms with E-state index in [0.717, 1.165) is 17.7 Å². The van der Waals surface area contributed by atoms with Gasteiger partial charge in [0.05, 0.1) is 5.69 Å². The third-order valence-electron chi connectivity index (χ3n) is 4.64. The van der Waals surface area contributed by atoms with Crippen molar-refractivity contribution < 1.29 is 17.9 Å². The molecule has 33 heavy (non-hydrogen) atoms. The highest BCUT2D eigenvalue weighted by molar-refractivity contribution is 5.64. The molecule has 0 saturated heterocycles. The summed E-state index contributed by atoms with van der Waals surface area (Å²) in [6.45, 7) is -0.913. The Hall–Kier alpha value is -4.22. The van der Waals surface area contributed by atoms with E-state index in [1.54, 1.807) is 12.1 Å². The van der Waals surface area contributed by atoms with E-state index in [2.05, 4.69) is 30.9 Å². The fourth-order valence-corrected chi connectivity index (χ4v) is 3.07. The van der Waals surface area contributed by atoms with Gasteiger partial charge < -0.3 is 10.1 Å². The molecule has 4 rings (SSSR count). The van der Waals surface area contributed by atoms with Crippen molar-refractivity contribution in [2.24, 2.45) is 0 Å². The van der Waals surface area contributed by atoms with Crippen molar-refractivity contribution in [3.8, 4) is 11.4 Å². The number of hydrogen-bond donors (Lipinski definition) is 2. The Morgan fingerprint density at radius 1 is 1.12 bits per heavy atom. The number of aryl methyl sites for hydroxylation is 2. The van der Waals surface area contributed by atoms with Crippen LogP contribution in [0, 0.1) is 5.82 Å². The number of nitrogens with zero attached hydrogens (tertiary/aromatic N) is 5. The summed E-state index contributed by atoms with van der Waals surface area (Å²) < 4.78 is 44.9. The van der Waals surface area contributed by atoms with Crippen LogP contribution in [0.1, 0.15) is 11.4 Å². The monoisotopic (exact) mass is 457 g/mol. The molecule has 0 bridgehead atoms. The molecule has 4 aromatic rings. The SMILES string of the molecule is O=c1c(Nc2ccc(F)cc2OCC(F)F)nccn1-c1ccc(CCc2nn[nH]n2)cc1. The Bertz CT molecular complexity index is 1260. The van der Waals surface area contributed by atoms with Crippen LogP contribution in [0.2, 0.25) is 0 Å². The fraction of sp³-hybridized carbons (Fsp3) is 0.190. The Morgan fingerprint density at radius 2 is 1.94 bits per heavy atom. The van der Waals surface area contributed by atoms with E-state index in [4.69, 9.17) is 4.74 Å². The van der Waals surface area contributed by atoms with E-state index in [-0.39, 0.29) is 17.3 Å². The smallest absolute Gasteiger partial charge is 0.298 e. The van der Waals surface area contributed by atoms with E-state index in [9.17, 15) is 18.0 Å². The number of nitrogens with one attached hydrogen (secondary N) is 2. The van der Waals surface area contributed by atoms with Crippen LogP contribution in [0.3, 0.4) is 0 Å². The van der Waals surface area contributed by atoms with Crippen LogP contribution in [0.25, 0.3) is 5.69 Å². The number of anilines is 2. The van der Waals surface area contributed by atoms with Gasteiger partial charge in [-0.2, -0.15) is 5.21 Å². The molecular formula is C21H18F3N7O2. The van der Waals surface area contributed by atoms with Crippen LogP contribution in [-0.2, 0) is 12.8 Å². The molecule has 0 spiro atoms. The van der Waals surface area contributed by atoms with Gasteiger partial charge in [-0.3, -0.25) is 9.36 Å². The molecule has 0 radical (unpaired) electrons. The van der Waals surface area contributed by atoms with E-state index >= 15 is 0 Å². The van der Waals surface area contributed by atoms with E-state index in [1.165, 1.54) is 23.0 Å². The maximum absolute atomic E-state index is 13.6. The van der Waals surface area contributed by atoms with Gasteiger partial charge in [-0.15, -0.1) is 10.2 Å². The second kappa shape index (κ2) is 9.94. The summed E-state index contributed by atoms with van der Waals surface area (Å²) in [4.78, 5) is 17.0. The third kappa shape index (κ3) is 5.53. The highest BCUT2D eigenvalue weighted by Crippen LogP contribution is 2.27. The normalized spacial score (nSPS) is 11.0. The van der Waals surface area contributed by atoms with Crippen LogP contribution < -0.4 is 15.6 Å². The average molecular weight is 457 g/mol. The minimum atomic E-state index is -2.73. The summed E-state index contributed by atoms with van der Waals surface area (Å²) in [5.74, 6) is -0.287. The number of alkyl halides is 2. The van der Waals surface area contributed by atoms with Crippen LogP contribution in [-0.4, -0.2) is 43.2 Å². The topological polar surface area (TPSA) is 111 Å². The molecule has 0 atom stereocenters. The molecule has 2 heterocycles. The van der Waals surface area contributed by atoms with Crippen LogP contribution in [0.5, 0.6) is 5.75 Å². The molecule has 2 aromatic heterocycles. The van der Waals surface area contributed by atoms with Crippen LogP contribution >= 0.6 is 0 Å². The van der Waals surface area contributed by atoms with E-state index < -0.39 is 24.4 Å². The van der Waals surface area contributed by atoms with E-state index in [1.807, 2.05) is 12.1 Å². The molecule has 9 nitrogen and oxygen atoms in total.